The Morgan fingerprint density at radius 2 is 1.78 bits per heavy atom. The quantitative estimate of drug-likeness (QED) is 0.249. The summed E-state index contributed by atoms with van der Waals surface area (Å²) in [6, 6.07) is 1.28. The molecule has 1 aliphatic heterocycles. The molecule has 0 spiro atoms. The summed E-state index contributed by atoms with van der Waals surface area (Å²) in [5.41, 5.74) is 5.77. The van der Waals surface area contributed by atoms with Gasteiger partial charge in [0.25, 0.3) is 5.91 Å². The Balaban J connectivity index is 1.51. The van der Waals surface area contributed by atoms with Crippen LogP contribution >= 0.6 is 0 Å². The van der Waals surface area contributed by atoms with Gasteiger partial charge in [0, 0.05) is 24.2 Å². The fourth-order valence-corrected chi connectivity index (χ4v) is 5.16. The van der Waals surface area contributed by atoms with Crippen molar-refractivity contribution in [2.45, 2.75) is 43.1 Å². The summed E-state index contributed by atoms with van der Waals surface area (Å²) in [4.78, 5) is 46.5. The van der Waals surface area contributed by atoms with Crippen LogP contribution in [-0.2, 0) is 25.4 Å². The molecule has 1 aliphatic rings. The third kappa shape index (κ3) is 9.85. The van der Waals surface area contributed by atoms with Crippen LogP contribution in [0.25, 0.3) is 0 Å². The van der Waals surface area contributed by atoms with E-state index in [2.05, 4.69) is 15.3 Å². The Labute approximate surface area is 280 Å². The Bertz CT molecular complexity index is 1680. The van der Waals surface area contributed by atoms with Gasteiger partial charge >= 0.3 is 18.4 Å². The van der Waals surface area contributed by atoms with Crippen molar-refractivity contribution in [2.75, 3.05) is 38.3 Å². The van der Waals surface area contributed by atoms with Crippen LogP contribution in [0.4, 0.5) is 46.0 Å². The van der Waals surface area contributed by atoms with Crippen LogP contribution in [0.2, 0.25) is 0 Å². The van der Waals surface area contributed by atoms with Crippen molar-refractivity contribution in [1.82, 2.24) is 20.6 Å². The number of anilines is 1. The molecule has 0 radical (unpaired) electrons. The summed E-state index contributed by atoms with van der Waals surface area (Å²) in [6.07, 6.45) is -3.86. The van der Waals surface area contributed by atoms with Crippen LogP contribution in [-0.4, -0.2) is 85.8 Å². The Morgan fingerprint density at radius 3 is 2.42 bits per heavy atom. The van der Waals surface area contributed by atoms with Crippen LogP contribution in [0, 0.1) is 23.3 Å². The Hall–Kier alpha value is -4.88. The molecule has 2 aromatic heterocycles. The first-order chi connectivity index (χ1) is 23.7. The third-order valence-electron chi connectivity index (χ3n) is 7.57. The minimum Gasteiger partial charge on any atom is -0.452 e. The van der Waals surface area contributed by atoms with Crippen LogP contribution in [0.3, 0.4) is 0 Å². The number of rotatable bonds is 11. The average Bonchev–Trinajstić information content (AvgIpc) is 3.08. The molecule has 3 amide bonds. The number of methoxy groups -OCH3 is 1. The van der Waals surface area contributed by atoms with Gasteiger partial charge in [-0.1, -0.05) is 6.07 Å². The summed E-state index contributed by atoms with van der Waals surface area (Å²) >= 11 is 0. The lowest BCUT2D eigenvalue weighted by Crippen LogP contribution is -2.50. The zero-order chi connectivity index (χ0) is 36.6. The predicted octanol–water partition coefficient (Wildman–Crippen LogP) is 3.87. The molecule has 3 heterocycles. The van der Waals surface area contributed by atoms with Crippen molar-refractivity contribution in [2.24, 2.45) is 5.73 Å². The first-order valence-corrected chi connectivity index (χ1v) is 14.9. The number of carbonyl (C=O) groups excluding carboxylic acids is 3. The zero-order valence-electron chi connectivity index (χ0n) is 26.2. The summed E-state index contributed by atoms with van der Waals surface area (Å²) < 4.78 is 110. The lowest BCUT2D eigenvalue weighted by atomic mass is 9.85. The van der Waals surface area contributed by atoms with Crippen molar-refractivity contribution in [3.63, 3.8) is 0 Å². The number of nitrogens with one attached hydrogen (secondary N) is 2. The van der Waals surface area contributed by atoms with E-state index >= 15 is 4.39 Å². The van der Waals surface area contributed by atoms with E-state index in [0.717, 1.165) is 56.2 Å². The van der Waals surface area contributed by atoms with Crippen molar-refractivity contribution in [3.05, 3.63) is 89.0 Å². The van der Waals surface area contributed by atoms with Crippen LogP contribution < -0.4 is 21.3 Å². The minimum absolute atomic E-state index is 0.0214. The van der Waals surface area contributed by atoms with Crippen molar-refractivity contribution < 1.29 is 59.3 Å². The molecule has 1 aromatic carbocycles. The molecule has 3 aromatic rings. The monoisotopic (exact) mass is 716 g/mol. The summed E-state index contributed by atoms with van der Waals surface area (Å²) in [5, 5.41) is 4.58. The van der Waals surface area contributed by atoms with Gasteiger partial charge in [0.05, 0.1) is 56.2 Å². The van der Waals surface area contributed by atoms with Gasteiger partial charge in [-0.3, -0.25) is 14.8 Å². The van der Waals surface area contributed by atoms with Crippen LogP contribution in [0.5, 0.6) is 0 Å². The van der Waals surface area contributed by atoms with Gasteiger partial charge in [-0.15, -0.1) is 0 Å². The van der Waals surface area contributed by atoms with Gasteiger partial charge < -0.3 is 30.6 Å². The first kappa shape index (κ1) is 37.9. The largest absolute Gasteiger partial charge is 0.452 e. The van der Waals surface area contributed by atoms with Gasteiger partial charge in [0.15, 0.2) is 11.6 Å². The summed E-state index contributed by atoms with van der Waals surface area (Å²) in [5.74, 6) is -6.81. The summed E-state index contributed by atoms with van der Waals surface area (Å²) in [6.45, 7) is -1.72. The average molecular weight is 717 g/mol. The van der Waals surface area contributed by atoms with Crippen molar-refractivity contribution in [1.29, 1.82) is 0 Å². The molecule has 0 unspecified atom stereocenters. The fourth-order valence-electron chi connectivity index (χ4n) is 5.16. The maximum Gasteiger partial charge on any atom is 0.421 e. The van der Waals surface area contributed by atoms with E-state index in [9.17, 15) is 40.7 Å². The van der Waals surface area contributed by atoms with E-state index in [1.54, 1.807) is 5.32 Å². The first-order valence-electron chi connectivity index (χ1n) is 14.9. The van der Waals surface area contributed by atoms with E-state index < -0.39 is 78.2 Å². The van der Waals surface area contributed by atoms with E-state index in [4.69, 9.17) is 19.9 Å². The highest BCUT2D eigenvalue weighted by atomic mass is 19.4. The maximum absolute atomic E-state index is 15.3. The Morgan fingerprint density at radius 1 is 1.04 bits per heavy atom. The normalized spacial score (nSPS) is 17.4. The second-order valence-corrected chi connectivity index (χ2v) is 11.0. The molecule has 1 saturated heterocycles. The lowest BCUT2D eigenvalue weighted by Gasteiger charge is -2.31. The number of benzene rings is 1. The fraction of sp³-hybridized carbons (Fsp3) is 0.387. The van der Waals surface area contributed by atoms with Crippen molar-refractivity contribution in [3.8, 4) is 0 Å². The molecular formula is C31H31F7N6O6. The molecule has 19 heteroatoms. The molecule has 50 heavy (non-hydrogen) atoms. The number of carbonyl (C=O) groups is 3. The molecule has 4 N–H and O–H groups in total. The third-order valence-corrected chi connectivity index (χ3v) is 7.57. The van der Waals surface area contributed by atoms with Crippen LogP contribution in [0.15, 0.2) is 49.1 Å². The number of alkyl carbamates (subject to hydrolysis) is 1. The van der Waals surface area contributed by atoms with E-state index in [0.29, 0.717) is 4.90 Å². The minimum atomic E-state index is -4.60. The number of morpholine rings is 1. The number of halogens is 7. The second kappa shape index (κ2) is 16.7. The number of nitrogens with zero attached hydrogens (tertiary/aromatic N) is 3. The SMILES string of the molecule is COC(=O)N(C(=O)[C@@H](N)[C@H](c1cncc(F)c1)c1ccc(F)c(F)c1)c1cncc(F)c1CC[C@@H]1CN[C@H](COC(=O)NCC(F)(F)F)CO1. The molecule has 0 saturated carbocycles. The van der Waals surface area contributed by atoms with Crippen LogP contribution in [0.1, 0.15) is 29.0 Å². The predicted molar refractivity (Wildman–Crippen MR) is 160 cm³/mol. The van der Waals surface area contributed by atoms with E-state index in [1.165, 1.54) is 0 Å². The number of alkyl halides is 3. The topological polar surface area (TPSA) is 158 Å². The smallest absolute Gasteiger partial charge is 0.421 e. The highest BCUT2D eigenvalue weighted by Crippen LogP contribution is 2.32. The highest BCUT2D eigenvalue weighted by Gasteiger charge is 2.38. The number of aromatic nitrogens is 2. The number of imide groups is 1. The second-order valence-electron chi connectivity index (χ2n) is 11.0. The van der Waals surface area contributed by atoms with E-state index in [1.807, 2.05) is 0 Å². The van der Waals surface area contributed by atoms with Gasteiger partial charge in [0.1, 0.15) is 24.8 Å². The molecular weight excluding hydrogens is 685 g/mol. The van der Waals surface area contributed by atoms with Gasteiger partial charge in [0.2, 0.25) is 0 Å². The number of amides is 3. The van der Waals surface area contributed by atoms with E-state index in [-0.39, 0.29) is 55.0 Å². The number of pyridine rings is 2. The molecule has 4 rings (SSSR count). The molecule has 0 aliphatic carbocycles. The number of hydrogen-bond acceptors (Lipinski definition) is 10. The van der Waals surface area contributed by atoms with Crippen molar-refractivity contribution >= 4 is 23.8 Å². The number of ether oxygens (including phenoxy) is 3. The molecule has 270 valence electrons. The molecule has 0 bridgehead atoms. The summed E-state index contributed by atoms with van der Waals surface area (Å²) in [7, 11) is 0.950. The highest BCUT2D eigenvalue weighted by molar-refractivity contribution is 6.15. The van der Waals surface area contributed by atoms with Gasteiger partial charge in [-0.05, 0) is 42.2 Å². The molecule has 12 nitrogen and oxygen atoms in total. The standard InChI is InChI=1S/C31H31F7N6O6/c1-48-30(47)44(28(45)27(39)26(17-6-18(32)9-40-8-17)16-2-5-22(33)23(34)7-16)25-12-41-11-24(35)21(25)4-3-20-10-42-19(13-49-20)14-50-29(46)43-15-31(36,37)38/h2,5-9,11-12,19-20,26-27,42H,3-4,10,13-15,39H2,1H3,(H,43,46)/t19-,20+,26-,27-/m0/s1. The number of nitrogens with two attached hydrogens (primary N) is 1. The number of hydrogen-bond donors (Lipinski definition) is 3. The zero-order valence-corrected chi connectivity index (χ0v) is 26.2. The lowest BCUT2D eigenvalue weighted by molar-refractivity contribution is -0.124. The van der Waals surface area contributed by atoms with Gasteiger partial charge in [-0.2, -0.15) is 13.2 Å². The molecule has 1 fully saturated rings. The van der Waals surface area contributed by atoms with Gasteiger partial charge in [-0.25, -0.2) is 32.1 Å². The molecule has 4 atom stereocenters. The maximum atomic E-state index is 15.3. The Kier molecular flexibility index (Phi) is 12.7.